The Labute approximate surface area is 41.4 Å². The van der Waals surface area contributed by atoms with Crippen LogP contribution in [0.5, 0.6) is 0 Å². The van der Waals surface area contributed by atoms with E-state index in [1.54, 1.807) is 0 Å². The smallest absolute Gasteiger partial charge is 0.261 e. The highest BCUT2D eigenvalue weighted by Crippen LogP contribution is 1.71. The van der Waals surface area contributed by atoms with Crippen LogP contribution in [-0.4, -0.2) is 19.2 Å². The van der Waals surface area contributed by atoms with Gasteiger partial charge in [-0.05, 0) is 0 Å². The lowest BCUT2D eigenvalue weighted by molar-refractivity contribution is -0.127. The lowest BCUT2D eigenvalue weighted by Crippen LogP contribution is -2.37. The summed E-state index contributed by atoms with van der Waals surface area (Å²) in [7, 11) is 1.31. The molecular formula is C3H8N2O2. The number of hydrogen-bond donors (Lipinski definition) is 2. The fraction of sp³-hybridized carbons (Fsp3) is 0.667. The van der Waals surface area contributed by atoms with Gasteiger partial charge in [-0.15, -0.1) is 0 Å². The van der Waals surface area contributed by atoms with Crippen molar-refractivity contribution in [3.63, 3.8) is 0 Å². The molecule has 0 aromatic heterocycles. The minimum Gasteiger partial charge on any atom is -0.366 e. The molecule has 0 heterocycles. The maximum absolute atomic E-state index is 9.90. The second kappa shape index (κ2) is 2.54. The molecule has 0 unspecified atom stereocenters. The van der Waals surface area contributed by atoms with Gasteiger partial charge in [-0.2, -0.15) is 0 Å². The average molecular weight is 104 g/mol. The minimum absolute atomic E-state index is 0.650. The summed E-state index contributed by atoms with van der Waals surface area (Å²) < 4.78 is 4.31. The first-order chi connectivity index (χ1) is 3.18. The first kappa shape index (κ1) is 6.39. The highest BCUT2D eigenvalue weighted by atomic mass is 16.5. The third-order valence-electron chi connectivity index (χ3n) is 0.534. The van der Waals surface area contributed by atoms with E-state index in [9.17, 15) is 4.79 Å². The van der Waals surface area contributed by atoms with Crippen molar-refractivity contribution in [3.8, 4) is 0 Å². The maximum atomic E-state index is 9.90. The van der Waals surface area contributed by atoms with Crippen LogP contribution in [-0.2, 0) is 9.53 Å². The molecule has 1 atom stereocenters. The van der Waals surface area contributed by atoms with E-state index in [4.69, 9.17) is 5.73 Å². The molecule has 0 fully saturated rings. The van der Waals surface area contributed by atoms with Gasteiger partial charge in [0.25, 0.3) is 5.91 Å². The minimum atomic E-state index is -0.958. The number of carbonyl (C=O) groups excluding carboxylic acids is 1. The highest BCUT2D eigenvalue weighted by molar-refractivity contribution is 5.77. The Morgan fingerprint density at radius 1 is 1.86 bits per heavy atom. The van der Waals surface area contributed by atoms with E-state index in [0.29, 0.717) is 0 Å². The normalized spacial score (nSPS) is 13.4. The van der Waals surface area contributed by atoms with Crippen LogP contribution < -0.4 is 11.5 Å². The van der Waals surface area contributed by atoms with E-state index in [2.05, 4.69) is 10.5 Å². The SMILES string of the molecule is CO[C@@H](N)C(N)=O. The molecule has 0 radical (unpaired) electrons. The van der Waals surface area contributed by atoms with Crippen molar-refractivity contribution in [2.75, 3.05) is 7.11 Å². The molecule has 0 aliphatic rings. The predicted octanol–water partition coefficient (Wildman–Crippen LogP) is -1.60. The van der Waals surface area contributed by atoms with Crippen molar-refractivity contribution >= 4 is 5.91 Å². The van der Waals surface area contributed by atoms with Crippen molar-refractivity contribution in [1.82, 2.24) is 0 Å². The summed E-state index contributed by atoms with van der Waals surface area (Å²) in [5.74, 6) is -0.650. The zero-order valence-electron chi connectivity index (χ0n) is 4.05. The molecule has 0 aromatic carbocycles. The van der Waals surface area contributed by atoms with Crippen LogP contribution in [0.25, 0.3) is 0 Å². The van der Waals surface area contributed by atoms with Gasteiger partial charge in [0.2, 0.25) is 0 Å². The molecule has 4 heteroatoms. The monoisotopic (exact) mass is 104 g/mol. The van der Waals surface area contributed by atoms with Gasteiger partial charge in [0.15, 0.2) is 6.23 Å². The molecule has 1 amide bonds. The van der Waals surface area contributed by atoms with E-state index >= 15 is 0 Å². The highest BCUT2D eigenvalue weighted by Gasteiger charge is 2.03. The summed E-state index contributed by atoms with van der Waals surface area (Å²) in [6.45, 7) is 0. The molecule has 42 valence electrons. The largest absolute Gasteiger partial charge is 0.366 e. The summed E-state index contributed by atoms with van der Waals surface area (Å²) in [6.07, 6.45) is -0.958. The second-order valence-electron chi connectivity index (χ2n) is 1.06. The Hall–Kier alpha value is -0.610. The molecule has 0 aliphatic carbocycles. The zero-order chi connectivity index (χ0) is 5.86. The van der Waals surface area contributed by atoms with E-state index in [1.807, 2.05) is 0 Å². The third-order valence-corrected chi connectivity index (χ3v) is 0.534. The van der Waals surface area contributed by atoms with Gasteiger partial charge < -0.3 is 10.5 Å². The van der Waals surface area contributed by atoms with Crippen LogP contribution >= 0.6 is 0 Å². The molecule has 0 saturated heterocycles. The number of methoxy groups -OCH3 is 1. The topological polar surface area (TPSA) is 78.3 Å². The summed E-state index contributed by atoms with van der Waals surface area (Å²) in [5.41, 5.74) is 9.58. The lowest BCUT2D eigenvalue weighted by Gasteiger charge is -2.00. The fourth-order valence-corrected chi connectivity index (χ4v) is 0.116. The van der Waals surface area contributed by atoms with Gasteiger partial charge in [-0.1, -0.05) is 0 Å². The van der Waals surface area contributed by atoms with E-state index in [-0.39, 0.29) is 0 Å². The summed E-state index contributed by atoms with van der Waals surface area (Å²) in [5, 5.41) is 0. The van der Waals surface area contributed by atoms with Crippen molar-refractivity contribution in [2.24, 2.45) is 11.5 Å². The zero-order valence-corrected chi connectivity index (χ0v) is 4.05. The molecule has 0 aliphatic heterocycles. The van der Waals surface area contributed by atoms with E-state index in [1.165, 1.54) is 7.11 Å². The number of rotatable bonds is 2. The van der Waals surface area contributed by atoms with Crippen molar-refractivity contribution in [2.45, 2.75) is 6.23 Å². The summed E-state index contributed by atoms with van der Waals surface area (Å²) in [4.78, 5) is 9.90. The Morgan fingerprint density at radius 3 is 2.29 bits per heavy atom. The molecule has 7 heavy (non-hydrogen) atoms. The number of carbonyl (C=O) groups is 1. The number of hydrogen-bond acceptors (Lipinski definition) is 3. The van der Waals surface area contributed by atoms with Crippen molar-refractivity contribution in [1.29, 1.82) is 0 Å². The Morgan fingerprint density at radius 2 is 2.29 bits per heavy atom. The summed E-state index contributed by atoms with van der Waals surface area (Å²) in [6, 6.07) is 0. The Balaban J connectivity index is 3.34. The van der Waals surface area contributed by atoms with Gasteiger partial charge in [0.1, 0.15) is 0 Å². The second-order valence-corrected chi connectivity index (χ2v) is 1.06. The van der Waals surface area contributed by atoms with E-state index < -0.39 is 12.1 Å². The van der Waals surface area contributed by atoms with Gasteiger partial charge in [0.05, 0.1) is 0 Å². The Kier molecular flexibility index (Phi) is 2.32. The maximum Gasteiger partial charge on any atom is 0.261 e. The average Bonchev–Trinajstić information content (AvgIpc) is 1.65. The molecule has 0 rings (SSSR count). The van der Waals surface area contributed by atoms with Crippen LogP contribution in [0.15, 0.2) is 0 Å². The van der Waals surface area contributed by atoms with Crippen LogP contribution in [0, 0.1) is 0 Å². The van der Waals surface area contributed by atoms with Crippen LogP contribution in [0.4, 0.5) is 0 Å². The van der Waals surface area contributed by atoms with Crippen LogP contribution in [0.3, 0.4) is 0 Å². The Bertz CT molecular complexity index is 73.3. The number of nitrogens with two attached hydrogens (primary N) is 2. The van der Waals surface area contributed by atoms with Crippen LogP contribution in [0.2, 0.25) is 0 Å². The van der Waals surface area contributed by atoms with Gasteiger partial charge >= 0.3 is 0 Å². The first-order valence-electron chi connectivity index (χ1n) is 1.76. The molecule has 0 aromatic rings. The fourth-order valence-electron chi connectivity index (χ4n) is 0.116. The first-order valence-corrected chi connectivity index (χ1v) is 1.76. The molecular weight excluding hydrogens is 96.0 g/mol. The number of primary amides is 1. The van der Waals surface area contributed by atoms with Gasteiger partial charge in [-0.3, -0.25) is 10.5 Å². The quantitative estimate of drug-likeness (QED) is 0.414. The molecule has 0 spiro atoms. The molecule has 4 nitrogen and oxygen atoms in total. The molecule has 0 bridgehead atoms. The van der Waals surface area contributed by atoms with Gasteiger partial charge in [-0.25, -0.2) is 0 Å². The summed E-state index contributed by atoms with van der Waals surface area (Å²) >= 11 is 0. The van der Waals surface area contributed by atoms with E-state index in [0.717, 1.165) is 0 Å². The number of ether oxygens (including phenoxy) is 1. The van der Waals surface area contributed by atoms with Crippen LogP contribution in [0.1, 0.15) is 0 Å². The molecule has 0 saturated carbocycles. The van der Waals surface area contributed by atoms with Crippen molar-refractivity contribution < 1.29 is 9.53 Å². The standard InChI is InChI=1S/C3H8N2O2/c1-7-3(5)2(4)6/h3H,5H2,1H3,(H2,4,6)/t3-/m1/s1. The molecule has 4 N–H and O–H groups in total. The number of amides is 1. The predicted molar refractivity (Wildman–Crippen MR) is 24.2 cm³/mol. The lowest BCUT2D eigenvalue weighted by atomic mass is 10.6. The van der Waals surface area contributed by atoms with Gasteiger partial charge in [0, 0.05) is 7.11 Å². The van der Waals surface area contributed by atoms with Crippen molar-refractivity contribution in [3.05, 3.63) is 0 Å². The third kappa shape index (κ3) is 2.13.